The first-order chi connectivity index (χ1) is 9.97. The van der Waals surface area contributed by atoms with Crippen LogP contribution >= 0.6 is 0 Å². The van der Waals surface area contributed by atoms with E-state index < -0.39 is 11.9 Å². The first-order valence-corrected chi connectivity index (χ1v) is 6.72. The number of carboxylic acids is 1. The fourth-order valence-electron chi connectivity index (χ4n) is 2.29. The Morgan fingerprint density at radius 1 is 1.24 bits per heavy atom. The molecule has 6 nitrogen and oxygen atoms in total. The maximum atomic E-state index is 12.0. The van der Waals surface area contributed by atoms with Gasteiger partial charge in [0.05, 0.1) is 23.3 Å². The van der Waals surface area contributed by atoms with Gasteiger partial charge in [-0.15, -0.1) is 0 Å². The molecular weight excluding hydrogens is 270 g/mol. The highest BCUT2D eigenvalue weighted by Crippen LogP contribution is 2.23. The van der Waals surface area contributed by atoms with Crippen LogP contribution in [0.25, 0.3) is 0 Å². The van der Waals surface area contributed by atoms with Crippen LogP contribution in [0.5, 0.6) is 0 Å². The van der Waals surface area contributed by atoms with Crippen molar-refractivity contribution in [3.8, 4) is 0 Å². The van der Waals surface area contributed by atoms with Gasteiger partial charge in [0.1, 0.15) is 0 Å². The van der Waals surface area contributed by atoms with Gasteiger partial charge < -0.3 is 20.6 Å². The van der Waals surface area contributed by atoms with Crippen LogP contribution in [0.1, 0.15) is 6.42 Å². The second-order valence-corrected chi connectivity index (χ2v) is 5.18. The first kappa shape index (κ1) is 14.9. The summed E-state index contributed by atoms with van der Waals surface area (Å²) in [7, 11) is 3.80. The van der Waals surface area contributed by atoms with E-state index in [0.29, 0.717) is 12.1 Å². The standard InChI is InChI=1S/C15H19N3O3/c1-18(2)13-6-4-3-5-12(13)17-15(21)16-11-8-7-10(9-11)14(19)20/h3-8,10-11H,9H2,1-2H3,(H,19,20)(H2,16,17,21). The van der Waals surface area contributed by atoms with E-state index in [1.165, 1.54) is 0 Å². The highest BCUT2D eigenvalue weighted by molar-refractivity contribution is 5.93. The lowest BCUT2D eigenvalue weighted by molar-refractivity contribution is -0.140. The Kier molecular flexibility index (Phi) is 4.47. The SMILES string of the molecule is CN(C)c1ccccc1NC(=O)NC1C=CC(C(=O)O)C1. The summed E-state index contributed by atoms with van der Waals surface area (Å²) in [5.74, 6) is -1.39. The first-order valence-electron chi connectivity index (χ1n) is 6.72. The van der Waals surface area contributed by atoms with E-state index in [9.17, 15) is 9.59 Å². The molecular formula is C15H19N3O3. The Morgan fingerprint density at radius 3 is 2.57 bits per heavy atom. The molecule has 0 aliphatic heterocycles. The third-order valence-electron chi connectivity index (χ3n) is 3.35. The molecule has 6 heteroatoms. The molecule has 0 fully saturated rings. The molecule has 0 aromatic heterocycles. The number of para-hydroxylation sites is 2. The van der Waals surface area contributed by atoms with Gasteiger partial charge in [0.15, 0.2) is 0 Å². The third-order valence-corrected chi connectivity index (χ3v) is 3.35. The number of carbonyl (C=O) groups is 2. The summed E-state index contributed by atoms with van der Waals surface area (Å²) in [6.45, 7) is 0. The average molecular weight is 289 g/mol. The molecule has 0 saturated heterocycles. The highest BCUT2D eigenvalue weighted by atomic mass is 16.4. The van der Waals surface area contributed by atoms with Gasteiger partial charge in [0, 0.05) is 14.1 Å². The summed E-state index contributed by atoms with van der Waals surface area (Å²) < 4.78 is 0. The van der Waals surface area contributed by atoms with Crippen molar-refractivity contribution < 1.29 is 14.7 Å². The zero-order valence-corrected chi connectivity index (χ0v) is 12.0. The van der Waals surface area contributed by atoms with Crippen molar-refractivity contribution in [2.24, 2.45) is 5.92 Å². The molecule has 3 N–H and O–H groups in total. The number of urea groups is 1. The van der Waals surface area contributed by atoms with Crippen LogP contribution in [0, 0.1) is 5.92 Å². The molecule has 1 aromatic rings. The van der Waals surface area contributed by atoms with Gasteiger partial charge in [0.2, 0.25) is 0 Å². The van der Waals surface area contributed by atoms with E-state index in [4.69, 9.17) is 5.11 Å². The maximum Gasteiger partial charge on any atom is 0.319 e. The topological polar surface area (TPSA) is 81.7 Å². The summed E-state index contributed by atoms with van der Waals surface area (Å²) in [6.07, 6.45) is 3.72. The van der Waals surface area contributed by atoms with E-state index in [1.807, 2.05) is 43.3 Å². The molecule has 0 spiro atoms. The molecule has 0 bridgehead atoms. The molecule has 2 atom stereocenters. The van der Waals surface area contributed by atoms with Crippen molar-refractivity contribution in [3.05, 3.63) is 36.4 Å². The van der Waals surface area contributed by atoms with Crippen molar-refractivity contribution in [2.75, 3.05) is 24.3 Å². The molecule has 1 aliphatic rings. The van der Waals surface area contributed by atoms with Gasteiger partial charge in [-0.3, -0.25) is 4.79 Å². The van der Waals surface area contributed by atoms with E-state index in [0.717, 1.165) is 5.69 Å². The number of nitrogens with one attached hydrogen (secondary N) is 2. The van der Waals surface area contributed by atoms with Gasteiger partial charge in [-0.2, -0.15) is 0 Å². The van der Waals surface area contributed by atoms with E-state index in [2.05, 4.69) is 10.6 Å². The lowest BCUT2D eigenvalue weighted by Crippen LogP contribution is -2.36. The smallest absolute Gasteiger partial charge is 0.319 e. The van der Waals surface area contributed by atoms with Gasteiger partial charge in [-0.1, -0.05) is 24.3 Å². The molecule has 0 saturated carbocycles. The van der Waals surface area contributed by atoms with Crippen LogP contribution in [-0.4, -0.2) is 37.2 Å². The number of hydrogen-bond donors (Lipinski definition) is 3. The van der Waals surface area contributed by atoms with Gasteiger partial charge in [-0.05, 0) is 18.6 Å². The minimum absolute atomic E-state index is 0.252. The number of benzene rings is 1. The Labute approximate surface area is 123 Å². The molecule has 21 heavy (non-hydrogen) atoms. The van der Waals surface area contributed by atoms with E-state index in [-0.39, 0.29) is 12.1 Å². The van der Waals surface area contributed by atoms with Crippen LogP contribution < -0.4 is 15.5 Å². The largest absolute Gasteiger partial charge is 0.481 e. The van der Waals surface area contributed by atoms with Crippen molar-refractivity contribution >= 4 is 23.4 Å². The van der Waals surface area contributed by atoms with Crippen molar-refractivity contribution in [1.82, 2.24) is 5.32 Å². The van der Waals surface area contributed by atoms with Gasteiger partial charge >= 0.3 is 12.0 Å². The minimum atomic E-state index is -0.867. The summed E-state index contributed by atoms with van der Waals surface area (Å²) in [6, 6.07) is 6.88. The molecule has 1 aromatic carbocycles. The predicted molar refractivity (Wildman–Crippen MR) is 81.6 cm³/mol. The second-order valence-electron chi connectivity index (χ2n) is 5.18. The summed E-state index contributed by atoms with van der Waals surface area (Å²) >= 11 is 0. The zero-order valence-electron chi connectivity index (χ0n) is 12.0. The maximum absolute atomic E-state index is 12.0. The lowest BCUT2D eigenvalue weighted by atomic mass is 10.1. The normalized spacial score (nSPS) is 20.1. The van der Waals surface area contributed by atoms with Crippen LogP contribution in [0.15, 0.2) is 36.4 Å². The number of hydrogen-bond acceptors (Lipinski definition) is 3. The van der Waals surface area contributed by atoms with Crippen molar-refractivity contribution in [3.63, 3.8) is 0 Å². The number of rotatable bonds is 4. The average Bonchev–Trinajstić information content (AvgIpc) is 2.87. The number of aliphatic carboxylic acids is 1. The van der Waals surface area contributed by atoms with Crippen molar-refractivity contribution in [2.45, 2.75) is 12.5 Å². The molecule has 1 aliphatic carbocycles. The predicted octanol–water partition coefficient (Wildman–Crippen LogP) is 1.90. The molecule has 112 valence electrons. The molecule has 2 amide bonds. The summed E-state index contributed by atoms with van der Waals surface area (Å²) in [5.41, 5.74) is 1.61. The number of nitrogens with zero attached hydrogens (tertiary/aromatic N) is 1. The van der Waals surface area contributed by atoms with Gasteiger partial charge in [-0.25, -0.2) is 4.79 Å². The van der Waals surface area contributed by atoms with Crippen LogP contribution in [0.4, 0.5) is 16.2 Å². The minimum Gasteiger partial charge on any atom is -0.481 e. The number of anilines is 2. The van der Waals surface area contributed by atoms with E-state index in [1.54, 1.807) is 12.2 Å². The third kappa shape index (κ3) is 3.75. The van der Waals surface area contributed by atoms with E-state index >= 15 is 0 Å². The Hall–Kier alpha value is -2.50. The molecule has 2 unspecified atom stereocenters. The number of amides is 2. The number of carboxylic acid groups (broad SMARTS) is 1. The lowest BCUT2D eigenvalue weighted by Gasteiger charge is -2.19. The summed E-state index contributed by atoms with van der Waals surface area (Å²) in [5, 5.41) is 14.5. The van der Waals surface area contributed by atoms with Crippen LogP contribution in [-0.2, 0) is 4.79 Å². The Balaban J connectivity index is 1.94. The quantitative estimate of drug-likeness (QED) is 0.739. The van der Waals surface area contributed by atoms with Crippen LogP contribution in [0.2, 0.25) is 0 Å². The summed E-state index contributed by atoms with van der Waals surface area (Å²) in [4.78, 5) is 24.8. The number of carbonyl (C=O) groups excluding carboxylic acids is 1. The molecule has 0 heterocycles. The van der Waals surface area contributed by atoms with Gasteiger partial charge in [0.25, 0.3) is 0 Å². The van der Waals surface area contributed by atoms with Crippen molar-refractivity contribution in [1.29, 1.82) is 0 Å². The Bertz CT molecular complexity index is 569. The monoisotopic (exact) mass is 289 g/mol. The Morgan fingerprint density at radius 2 is 1.95 bits per heavy atom. The highest BCUT2D eigenvalue weighted by Gasteiger charge is 2.25. The fraction of sp³-hybridized carbons (Fsp3) is 0.333. The molecule has 0 radical (unpaired) electrons. The second kappa shape index (κ2) is 6.30. The van der Waals surface area contributed by atoms with Crippen LogP contribution in [0.3, 0.4) is 0 Å². The molecule has 2 rings (SSSR count). The zero-order chi connectivity index (χ0) is 15.4. The fourth-order valence-corrected chi connectivity index (χ4v) is 2.29.